The van der Waals surface area contributed by atoms with Crippen molar-refractivity contribution >= 4 is 0 Å². The summed E-state index contributed by atoms with van der Waals surface area (Å²) >= 11 is 0. The van der Waals surface area contributed by atoms with Gasteiger partial charge in [0.2, 0.25) is 0 Å². The average molecular weight is 194 g/mol. The standard InChI is InChI=1S/C12H18O2/c1-12(10-13,14-2)9-8-11-6-4-3-5-7-11/h3-7,13H,8-10H2,1-2H3. The van der Waals surface area contributed by atoms with Crippen molar-refractivity contribution in [2.45, 2.75) is 25.4 Å². The maximum absolute atomic E-state index is 9.14. The fourth-order valence-electron chi connectivity index (χ4n) is 1.30. The van der Waals surface area contributed by atoms with E-state index in [1.807, 2.05) is 25.1 Å². The van der Waals surface area contributed by atoms with Crippen LogP contribution in [-0.4, -0.2) is 24.4 Å². The van der Waals surface area contributed by atoms with Crippen molar-refractivity contribution in [1.82, 2.24) is 0 Å². The molecule has 0 spiro atoms. The summed E-state index contributed by atoms with van der Waals surface area (Å²) < 4.78 is 5.26. The molecule has 0 saturated heterocycles. The van der Waals surface area contributed by atoms with E-state index in [2.05, 4.69) is 12.1 Å². The third kappa shape index (κ3) is 3.13. The Morgan fingerprint density at radius 2 is 1.93 bits per heavy atom. The smallest absolute Gasteiger partial charge is 0.0883 e. The number of methoxy groups -OCH3 is 1. The van der Waals surface area contributed by atoms with E-state index < -0.39 is 5.60 Å². The maximum atomic E-state index is 9.14. The van der Waals surface area contributed by atoms with Gasteiger partial charge in [0.1, 0.15) is 0 Å². The first-order valence-corrected chi connectivity index (χ1v) is 4.90. The van der Waals surface area contributed by atoms with Crippen molar-refractivity contribution < 1.29 is 9.84 Å². The fraction of sp³-hybridized carbons (Fsp3) is 0.500. The van der Waals surface area contributed by atoms with Crippen LogP contribution >= 0.6 is 0 Å². The second kappa shape index (κ2) is 5.13. The average Bonchev–Trinajstić information content (AvgIpc) is 2.27. The number of hydrogen-bond donors (Lipinski definition) is 1. The Balaban J connectivity index is 2.48. The van der Waals surface area contributed by atoms with E-state index in [0.29, 0.717) is 0 Å². The lowest BCUT2D eigenvalue weighted by atomic mass is 9.97. The fourth-order valence-corrected chi connectivity index (χ4v) is 1.30. The van der Waals surface area contributed by atoms with Crippen LogP contribution in [0.25, 0.3) is 0 Å². The SMILES string of the molecule is COC(C)(CO)CCc1ccccc1. The van der Waals surface area contributed by atoms with Crippen molar-refractivity contribution in [2.75, 3.05) is 13.7 Å². The Bertz CT molecular complexity index is 252. The van der Waals surface area contributed by atoms with Crippen molar-refractivity contribution in [3.05, 3.63) is 35.9 Å². The summed E-state index contributed by atoms with van der Waals surface area (Å²) in [5, 5.41) is 9.14. The number of ether oxygens (including phenoxy) is 1. The van der Waals surface area contributed by atoms with Gasteiger partial charge in [0, 0.05) is 7.11 Å². The number of hydrogen-bond acceptors (Lipinski definition) is 2. The summed E-state index contributed by atoms with van der Waals surface area (Å²) in [6.45, 7) is 1.99. The van der Waals surface area contributed by atoms with Gasteiger partial charge in [-0.1, -0.05) is 30.3 Å². The van der Waals surface area contributed by atoms with Gasteiger partial charge in [-0.3, -0.25) is 0 Å². The monoisotopic (exact) mass is 194 g/mol. The third-order valence-corrected chi connectivity index (χ3v) is 2.61. The molecule has 2 nitrogen and oxygen atoms in total. The molecule has 2 heteroatoms. The molecular formula is C12H18O2. The molecule has 1 aromatic rings. The molecule has 0 aliphatic carbocycles. The van der Waals surface area contributed by atoms with Gasteiger partial charge in [-0.2, -0.15) is 0 Å². The van der Waals surface area contributed by atoms with E-state index in [4.69, 9.17) is 9.84 Å². The summed E-state index contributed by atoms with van der Waals surface area (Å²) in [7, 11) is 1.64. The molecule has 0 fully saturated rings. The zero-order chi connectivity index (χ0) is 10.4. The topological polar surface area (TPSA) is 29.5 Å². The van der Waals surface area contributed by atoms with E-state index in [1.54, 1.807) is 7.11 Å². The predicted octanol–water partition coefficient (Wildman–Crippen LogP) is 2.02. The van der Waals surface area contributed by atoms with Gasteiger partial charge in [0.05, 0.1) is 12.2 Å². The summed E-state index contributed by atoms with van der Waals surface area (Å²) in [6, 6.07) is 10.2. The Hall–Kier alpha value is -0.860. The van der Waals surface area contributed by atoms with Crippen LogP contribution in [0.1, 0.15) is 18.9 Å². The van der Waals surface area contributed by atoms with Gasteiger partial charge < -0.3 is 9.84 Å². The molecular weight excluding hydrogens is 176 g/mol. The van der Waals surface area contributed by atoms with Gasteiger partial charge >= 0.3 is 0 Å². The van der Waals surface area contributed by atoms with Crippen LogP contribution in [0.5, 0.6) is 0 Å². The highest BCUT2D eigenvalue weighted by molar-refractivity contribution is 5.15. The molecule has 0 saturated carbocycles. The van der Waals surface area contributed by atoms with Crippen LogP contribution in [0.3, 0.4) is 0 Å². The molecule has 0 bridgehead atoms. The lowest BCUT2D eigenvalue weighted by Gasteiger charge is -2.25. The molecule has 0 radical (unpaired) electrons. The number of aliphatic hydroxyl groups is 1. The quantitative estimate of drug-likeness (QED) is 0.777. The number of aryl methyl sites for hydroxylation is 1. The van der Waals surface area contributed by atoms with E-state index >= 15 is 0 Å². The number of aliphatic hydroxyl groups excluding tert-OH is 1. The van der Waals surface area contributed by atoms with Gasteiger partial charge in [0.25, 0.3) is 0 Å². The van der Waals surface area contributed by atoms with E-state index in [1.165, 1.54) is 5.56 Å². The summed E-state index contributed by atoms with van der Waals surface area (Å²) in [4.78, 5) is 0. The minimum absolute atomic E-state index is 0.0658. The second-order valence-corrected chi connectivity index (χ2v) is 3.80. The van der Waals surface area contributed by atoms with Crippen LogP contribution in [0.15, 0.2) is 30.3 Å². The van der Waals surface area contributed by atoms with Gasteiger partial charge in [-0.25, -0.2) is 0 Å². The predicted molar refractivity (Wildman–Crippen MR) is 57.3 cm³/mol. The summed E-state index contributed by atoms with van der Waals surface area (Å²) in [5.74, 6) is 0. The molecule has 0 aromatic heterocycles. The first-order valence-electron chi connectivity index (χ1n) is 4.90. The van der Waals surface area contributed by atoms with Crippen molar-refractivity contribution in [2.24, 2.45) is 0 Å². The van der Waals surface area contributed by atoms with E-state index in [-0.39, 0.29) is 6.61 Å². The molecule has 0 amide bonds. The highest BCUT2D eigenvalue weighted by Gasteiger charge is 2.21. The molecule has 14 heavy (non-hydrogen) atoms. The molecule has 78 valence electrons. The molecule has 1 rings (SSSR count). The summed E-state index contributed by atoms with van der Waals surface area (Å²) in [5.41, 5.74) is 0.875. The van der Waals surface area contributed by atoms with Crippen LogP contribution in [0.2, 0.25) is 0 Å². The number of rotatable bonds is 5. The van der Waals surface area contributed by atoms with Crippen LogP contribution in [-0.2, 0) is 11.2 Å². The Labute approximate surface area is 85.5 Å². The third-order valence-electron chi connectivity index (χ3n) is 2.61. The largest absolute Gasteiger partial charge is 0.393 e. The molecule has 0 aliphatic heterocycles. The van der Waals surface area contributed by atoms with Crippen molar-refractivity contribution in [1.29, 1.82) is 0 Å². The molecule has 1 atom stereocenters. The molecule has 1 aromatic carbocycles. The Morgan fingerprint density at radius 1 is 1.29 bits per heavy atom. The highest BCUT2D eigenvalue weighted by Crippen LogP contribution is 2.16. The maximum Gasteiger partial charge on any atom is 0.0883 e. The zero-order valence-electron chi connectivity index (χ0n) is 8.86. The van der Waals surface area contributed by atoms with Gasteiger partial charge in [0.15, 0.2) is 0 Å². The minimum atomic E-state index is -0.407. The van der Waals surface area contributed by atoms with E-state index in [9.17, 15) is 0 Å². The Morgan fingerprint density at radius 3 is 2.43 bits per heavy atom. The second-order valence-electron chi connectivity index (χ2n) is 3.80. The van der Waals surface area contributed by atoms with Crippen LogP contribution < -0.4 is 0 Å². The Kier molecular flexibility index (Phi) is 4.11. The van der Waals surface area contributed by atoms with Gasteiger partial charge in [-0.05, 0) is 25.3 Å². The minimum Gasteiger partial charge on any atom is -0.393 e. The molecule has 1 N–H and O–H groups in total. The molecule has 1 unspecified atom stereocenters. The molecule has 0 heterocycles. The van der Waals surface area contributed by atoms with Gasteiger partial charge in [-0.15, -0.1) is 0 Å². The molecule has 0 aliphatic rings. The van der Waals surface area contributed by atoms with Crippen molar-refractivity contribution in [3.63, 3.8) is 0 Å². The van der Waals surface area contributed by atoms with Crippen LogP contribution in [0.4, 0.5) is 0 Å². The van der Waals surface area contributed by atoms with E-state index in [0.717, 1.165) is 12.8 Å². The van der Waals surface area contributed by atoms with Crippen molar-refractivity contribution in [3.8, 4) is 0 Å². The zero-order valence-corrected chi connectivity index (χ0v) is 8.86. The lowest BCUT2D eigenvalue weighted by Crippen LogP contribution is -2.32. The van der Waals surface area contributed by atoms with Crippen LogP contribution in [0, 0.1) is 0 Å². The number of benzene rings is 1. The first kappa shape index (κ1) is 11.2. The summed E-state index contributed by atoms with van der Waals surface area (Å²) in [6.07, 6.45) is 1.77. The normalized spacial score (nSPS) is 15.1. The first-order chi connectivity index (χ1) is 6.70. The highest BCUT2D eigenvalue weighted by atomic mass is 16.5. The lowest BCUT2D eigenvalue weighted by molar-refractivity contribution is -0.0429.